The van der Waals surface area contributed by atoms with Gasteiger partial charge in [-0.05, 0) is 32.6 Å². The van der Waals surface area contributed by atoms with Crippen molar-refractivity contribution in [2.75, 3.05) is 43.4 Å². The lowest BCUT2D eigenvalue weighted by molar-refractivity contribution is 0.0626. The summed E-state index contributed by atoms with van der Waals surface area (Å²) in [7, 11) is 0. The Hall–Kier alpha value is -1.34. The van der Waals surface area contributed by atoms with E-state index >= 15 is 0 Å². The number of nitrogen functional groups attached to an aromatic ring is 1. The van der Waals surface area contributed by atoms with Crippen LogP contribution in [0.15, 0.2) is 0 Å². The fourth-order valence-corrected chi connectivity index (χ4v) is 3.73. The highest BCUT2D eigenvalue weighted by Crippen LogP contribution is 2.30. The van der Waals surface area contributed by atoms with Gasteiger partial charge in [0, 0.05) is 32.8 Å². The van der Waals surface area contributed by atoms with Crippen molar-refractivity contribution >= 4 is 28.2 Å². The number of aliphatic hydroxyl groups is 1. The summed E-state index contributed by atoms with van der Waals surface area (Å²) in [5, 5.41) is 10.1. The van der Waals surface area contributed by atoms with E-state index in [1.807, 2.05) is 0 Å². The van der Waals surface area contributed by atoms with E-state index < -0.39 is 0 Å². The topological polar surface area (TPSA) is 82.7 Å². The van der Waals surface area contributed by atoms with E-state index in [9.17, 15) is 9.90 Å². The summed E-state index contributed by atoms with van der Waals surface area (Å²) in [4.78, 5) is 21.3. The van der Waals surface area contributed by atoms with E-state index in [1.165, 1.54) is 11.3 Å². The Morgan fingerprint density at radius 3 is 2.86 bits per heavy atom. The zero-order chi connectivity index (χ0) is 15.4. The SMILES string of the molecule is CCN(CC)c1nc(N)c(C(=O)N2CCCC(CO)C2)s1. The highest BCUT2D eigenvalue weighted by Gasteiger charge is 2.27. The van der Waals surface area contributed by atoms with Crippen molar-refractivity contribution in [3.63, 3.8) is 0 Å². The molecule has 0 bridgehead atoms. The van der Waals surface area contributed by atoms with Crippen molar-refractivity contribution in [2.45, 2.75) is 26.7 Å². The standard InChI is InChI=1S/C14H24N4O2S/c1-3-17(4-2)14-16-12(15)11(21-14)13(20)18-7-5-6-10(8-18)9-19/h10,19H,3-9,15H2,1-2H3. The molecule has 1 unspecified atom stereocenters. The minimum atomic E-state index is -0.0541. The van der Waals surface area contributed by atoms with Crippen LogP contribution in [0.2, 0.25) is 0 Å². The lowest BCUT2D eigenvalue weighted by Crippen LogP contribution is -2.40. The van der Waals surface area contributed by atoms with Crippen LogP contribution in [0.1, 0.15) is 36.4 Å². The average Bonchev–Trinajstić information content (AvgIpc) is 2.89. The molecule has 7 heteroatoms. The van der Waals surface area contributed by atoms with Gasteiger partial charge in [0.05, 0.1) is 0 Å². The Morgan fingerprint density at radius 1 is 1.52 bits per heavy atom. The van der Waals surface area contributed by atoms with Crippen molar-refractivity contribution in [1.82, 2.24) is 9.88 Å². The summed E-state index contributed by atoms with van der Waals surface area (Å²) in [5.41, 5.74) is 5.94. The molecule has 1 saturated heterocycles. The number of thiazole rings is 1. The number of aliphatic hydroxyl groups excluding tert-OH is 1. The smallest absolute Gasteiger partial charge is 0.267 e. The molecule has 1 fully saturated rings. The number of nitrogens with zero attached hydrogens (tertiary/aromatic N) is 3. The van der Waals surface area contributed by atoms with Crippen LogP contribution in [-0.4, -0.2) is 53.7 Å². The molecule has 0 radical (unpaired) electrons. The van der Waals surface area contributed by atoms with Gasteiger partial charge in [-0.1, -0.05) is 11.3 Å². The molecular weight excluding hydrogens is 288 g/mol. The molecule has 0 spiro atoms. The number of hydrogen-bond acceptors (Lipinski definition) is 6. The van der Waals surface area contributed by atoms with Crippen LogP contribution >= 0.6 is 11.3 Å². The van der Waals surface area contributed by atoms with Crippen LogP contribution in [0.3, 0.4) is 0 Å². The van der Waals surface area contributed by atoms with Crippen molar-refractivity contribution in [3.05, 3.63) is 4.88 Å². The number of piperidine rings is 1. The maximum atomic E-state index is 12.6. The minimum absolute atomic E-state index is 0.0541. The molecule has 1 aliphatic heterocycles. The molecule has 0 saturated carbocycles. The third kappa shape index (κ3) is 3.47. The fraction of sp³-hybridized carbons (Fsp3) is 0.714. The molecule has 1 atom stereocenters. The lowest BCUT2D eigenvalue weighted by atomic mass is 9.99. The Kier molecular flexibility index (Phi) is 5.41. The molecule has 1 aromatic rings. The Bertz CT molecular complexity index is 487. The Balaban J connectivity index is 2.15. The van der Waals surface area contributed by atoms with Gasteiger partial charge in [0.25, 0.3) is 5.91 Å². The largest absolute Gasteiger partial charge is 0.396 e. The quantitative estimate of drug-likeness (QED) is 0.859. The van der Waals surface area contributed by atoms with Gasteiger partial charge < -0.3 is 20.6 Å². The van der Waals surface area contributed by atoms with Crippen molar-refractivity contribution in [2.24, 2.45) is 5.92 Å². The predicted octanol–water partition coefficient (Wildman–Crippen LogP) is 1.42. The van der Waals surface area contributed by atoms with Gasteiger partial charge in [-0.15, -0.1) is 0 Å². The number of likely N-dealkylation sites (tertiary alicyclic amines) is 1. The number of carbonyl (C=O) groups is 1. The molecule has 2 rings (SSSR count). The van der Waals surface area contributed by atoms with E-state index in [0.717, 1.165) is 37.6 Å². The first-order valence-electron chi connectivity index (χ1n) is 7.52. The first kappa shape index (κ1) is 16.0. The number of hydrogen-bond donors (Lipinski definition) is 2. The van der Waals surface area contributed by atoms with Crippen LogP contribution in [-0.2, 0) is 0 Å². The molecule has 3 N–H and O–H groups in total. The normalized spacial score (nSPS) is 18.8. The van der Waals surface area contributed by atoms with Crippen LogP contribution in [0, 0.1) is 5.92 Å². The second-order valence-electron chi connectivity index (χ2n) is 5.33. The van der Waals surface area contributed by atoms with Gasteiger partial charge in [-0.2, -0.15) is 0 Å². The predicted molar refractivity (Wildman–Crippen MR) is 85.8 cm³/mol. The Morgan fingerprint density at radius 2 is 2.24 bits per heavy atom. The van der Waals surface area contributed by atoms with Gasteiger partial charge in [0.15, 0.2) is 5.13 Å². The second kappa shape index (κ2) is 7.09. The van der Waals surface area contributed by atoms with Crippen molar-refractivity contribution in [1.29, 1.82) is 0 Å². The van der Waals surface area contributed by atoms with Crippen molar-refractivity contribution < 1.29 is 9.90 Å². The zero-order valence-corrected chi connectivity index (χ0v) is 13.5. The highest BCUT2D eigenvalue weighted by molar-refractivity contribution is 7.18. The number of rotatable bonds is 5. The maximum absolute atomic E-state index is 12.6. The summed E-state index contributed by atoms with van der Waals surface area (Å²) < 4.78 is 0. The van der Waals surface area contributed by atoms with Crippen LogP contribution < -0.4 is 10.6 Å². The summed E-state index contributed by atoms with van der Waals surface area (Å²) >= 11 is 1.36. The maximum Gasteiger partial charge on any atom is 0.267 e. The van der Waals surface area contributed by atoms with Crippen LogP contribution in [0.4, 0.5) is 10.9 Å². The average molecular weight is 312 g/mol. The molecule has 1 aromatic heterocycles. The summed E-state index contributed by atoms with van der Waals surface area (Å²) in [6.07, 6.45) is 1.90. The summed E-state index contributed by atoms with van der Waals surface area (Å²) in [6, 6.07) is 0. The van der Waals surface area contributed by atoms with E-state index in [1.54, 1.807) is 4.90 Å². The first-order chi connectivity index (χ1) is 10.1. The number of anilines is 2. The lowest BCUT2D eigenvalue weighted by Gasteiger charge is -2.31. The van der Waals surface area contributed by atoms with E-state index in [0.29, 0.717) is 17.2 Å². The summed E-state index contributed by atoms with van der Waals surface area (Å²) in [5.74, 6) is 0.443. The Labute approximate surface area is 129 Å². The molecule has 0 aliphatic carbocycles. The van der Waals surface area contributed by atoms with Gasteiger partial charge in [0.1, 0.15) is 10.7 Å². The molecule has 118 valence electrons. The molecular formula is C14H24N4O2S. The minimum Gasteiger partial charge on any atom is -0.396 e. The fourth-order valence-electron chi connectivity index (χ4n) is 2.64. The molecule has 21 heavy (non-hydrogen) atoms. The van der Waals surface area contributed by atoms with Gasteiger partial charge in [-0.25, -0.2) is 4.98 Å². The third-order valence-electron chi connectivity index (χ3n) is 3.93. The monoisotopic (exact) mass is 312 g/mol. The summed E-state index contributed by atoms with van der Waals surface area (Å²) in [6.45, 7) is 7.26. The van der Waals surface area contributed by atoms with Gasteiger partial charge >= 0.3 is 0 Å². The van der Waals surface area contributed by atoms with E-state index in [4.69, 9.17) is 5.73 Å². The van der Waals surface area contributed by atoms with Crippen molar-refractivity contribution in [3.8, 4) is 0 Å². The number of carbonyl (C=O) groups excluding carboxylic acids is 1. The highest BCUT2D eigenvalue weighted by atomic mass is 32.1. The van der Waals surface area contributed by atoms with E-state index in [2.05, 4.69) is 23.7 Å². The van der Waals surface area contributed by atoms with Crippen LogP contribution in [0.25, 0.3) is 0 Å². The second-order valence-corrected chi connectivity index (χ2v) is 6.30. The molecule has 0 aromatic carbocycles. The molecule has 1 amide bonds. The number of aromatic nitrogens is 1. The number of nitrogens with two attached hydrogens (primary N) is 1. The first-order valence-corrected chi connectivity index (χ1v) is 8.33. The van der Waals surface area contributed by atoms with Gasteiger partial charge in [-0.3, -0.25) is 4.79 Å². The van der Waals surface area contributed by atoms with Gasteiger partial charge in [0.2, 0.25) is 0 Å². The zero-order valence-electron chi connectivity index (χ0n) is 12.7. The molecule has 2 heterocycles. The third-order valence-corrected chi connectivity index (χ3v) is 5.05. The van der Waals surface area contributed by atoms with Crippen LogP contribution in [0.5, 0.6) is 0 Å². The molecule has 1 aliphatic rings. The molecule has 6 nitrogen and oxygen atoms in total. The van der Waals surface area contributed by atoms with E-state index in [-0.39, 0.29) is 18.4 Å². The number of amides is 1.